The first-order chi connectivity index (χ1) is 9.74. The summed E-state index contributed by atoms with van der Waals surface area (Å²) in [6.45, 7) is 1.88. The number of rotatable bonds is 4. The van der Waals surface area contributed by atoms with Gasteiger partial charge in [-0.25, -0.2) is 9.97 Å². The molecule has 5 heteroatoms. The SMILES string of the molecule is CN(C)CCn1cnc2ncc(-c3ccncc3)cc21. The molecule has 5 nitrogen and oxygen atoms in total. The van der Waals surface area contributed by atoms with E-state index in [1.165, 1.54) is 0 Å². The molecule has 0 amide bonds. The van der Waals surface area contributed by atoms with Gasteiger partial charge >= 0.3 is 0 Å². The molecule has 0 bridgehead atoms. The standard InChI is InChI=1S/C15H17N5/c1-19(2)7-8-20-11-18-15-14(20)9-13(10-17-15)12-3-5-16-6-4-12/h3-6,9-11H,7-8H2,1-2H3. The first kappa shape index (κ1) is 12.7. The van der Waals surface area contributed by atoms with Crippen molar-refractivity contribution in [1.29, 1.82) is 0 Å². The van der Waals surface area contributed by atoms with Gasteiger partial charge < -0.3 is 9.47 Å². The molecule has 3 aromatic heterocycles. The molecule has 0 unspecified atom stereocenters. The second-order valence-corrected chi connectivity index (χ2v) is 5.04. The molecule has 3 heterocycles. The van der Waals surface area contributed by atoms with E-state index in [1.807, 2.05) is 24.7 Å². The van der Waals surface area contributed by atoms with Gasteiger partial charge in [0, 0.05) is 37.2 Å². The largest absolute Gasteiger partial charge is 0.328 e. The normalized spacial score (nSPS) is 11.3. The Labute approximate surface area is 117 Å². The summed E-state index contributed by atoms with van der Waals surface area (Å²) < 4.78 is 2.15. The van der Waals surface area contributed by atoms with Crippen LogP contribution in [0.5, 0.6) is 0 Å². The zero-order valence-electron chi connectivity index (χ0n) is 11.7. The average Bonchev–Trinajstić information content (AvgIpc) is 2.88. The van der Waals surface area contributed by atoms with Crippen molar-refractivity contribution in [3.05, 3.63) is 43.1 Å². The van der Waals surface area contributed by atoms with Crippen molar-refractivity contribution in [2.45, 2.75) is 6.54 Å². The van der Waals surface area contributed by atoms with Gasteiger partial charge in [-0.15, -0.1) is 0 Å². The molecule has 3 rings (SSSR count). The molecule has 3 aromatic rings. The molecule has 0 saturated heterocycles. The van der Waals surface area contributed by atoms with Gasteiger partial charge in [-0.05, 0) is 37.9 Å². The Balaban J connectivity index is 1.99. The van der Waals surface area contributed by atoms with Crippen molar-refractivity contribution in [1.82, 2.24) is 24.4 Å². The fourth-order valence-electron chi connectivity index (χ4n) is 2.13. The first-order valence-corrected chi connectivity index (χ1v) is 6.60. The van der Waals surface area contributed by atoms with Crippen LogP contribution in [0.3, 0.4) is 0 Å². The summed E-state index contributed by atoms with van der Waals surface area (Å²) in [4.78, 5) is 15.0. The van der Waals surface area contributed by atoms with Crippen LogP contribution in [-0.4, -0.2) is 45.1 Å². The summed E-state index contributed by atoms with van der Waals surface area (Å²) >= 11 is 0. The van der Waals surface area contributed by atoms with Gasteiger partial charge in [0.05, 0.1) is 11.8 Å². The number of likely N-dealkylation sites (N-methyl/N-ethyl adjacent to an activating group) is 1. The van der Waals surface area contributed by atoms with Gasteiger partial charge in [0.1, 0.15) is 0 Å². The maximum Gasteiger partial charge on any atom is 0.177 e. The predicted octanol–water partition coefficient (Wildman–Crippen LogP) is 2.05. The van der Waals surface area contributed by atoms with Crippen LogP contribution in [0.25, 0.3) is 22.3 Å². The van der Waals surface area contributed by atoms with E-state index >= 15 is 0 Å². The number of nitrogens with zero attached hydrogens (tertiary/aromatic N) is 5. The lowest BCUT2D eigenvalue weighted by atomic mass is 10.1. The summed E-state index contributed by atoms with van der Waals surface area (Å²) in [5.41, 5.74) is 4.07. The lowest BCUT2D eigenvalue weighted by Crippen LogP contribution is -2.17. The highest BCUT2D eigenvalue weighted by Gasteiger charge is 2.06. The Bertz CT molecular complexity index is 703. The molecule has 0 aliphatic rings. The van der Waals surface area contributed by atoms with E-state index in [-0.39, 0.29) is 0 Å². The van der Waals surface area contributed by atoms with Crippen molar-refractivity contribution < 1.29 is 0 Å². The van der Waals surface area contributed by atoms with Crippen LogP contribution >= 0.6 is 0 Å². The fraction of sp³-hybridized carbons (Fsp3) is 0.267. The number of aromatic nitrogens is 4. The molecule has 20 heavy (non-hydrogen) atoms. The van der Waals surface area contributed by atoms with Gasteiger partial charge in [0.15, 0.2) is 5.65 Å². The monoisotopic (exact) mass is 267 g/mol. The summed E-state index contributed by atoms with van der Waals surface area (Å²) in [6.07, 6.45) is 7.31. The number of imidazole rings is 1. The van der Waals surface area contributed by atoms with Crippen LogP contribution < -0.4 is 0 Å². The van der Waals surface area contributed by atoms with Gasteiger partial charge in [0.2, 0.25) is 0 Å². The molecular weight excluding hydrogens is 250 g/mol. The van der Waals surface area contributed by atoms with Gasteiger partial charge in [-0.3, -0.25) is 4.98 Å². The highest BCUT2D eigenvalue weighted by molar-refractivity contribution is 5.78. The van der Waals surface area contributed by atoms with Crippen molar-refractivity contribution in [2.75, 3.05) is 20.6 Å². The van der Waals surface area contributed by atoms with Gasteiger partial charge in [-0.2, -0.15) is 0 Å². The molecule has 0 saturated carbocycles. The highest BCUT2D eigenvalue weighted by atomic mass is 15.1. The smallest absolute Gasteiger partial charge is 0.177 e. The maximum absolute atomic E-state index is 4.44. The zero-order chi connectivity index (χ0) is 13.9. The van der Waals surface area contributed by atoms with E-state index in [2.05, 4.69) is 44.6 Å². The summed E-state index contributed by atoms with van der Waals surface area (Å²) in [5.74, 6) is 0. The Morgan fingerprint density at radius 2 is 1.90 bits per heavy atom. The predicted molar refractivity (Wildman–Crippen MR) is 79.3 cm³/mol. The van der Waals surface area contributed by atoms with Crippen LogP contribution in [0.15, 0.2) is 43.1 Å². The van der Waals surface area contributed by atoms with Crippen LogP contribution in [0.4, 0.5) is 0 Å². The second kappa shape index (κ2) is 5.38. The van der Waals surface area contributed by atoms with E-state index in [0.29, 0.717) is 0 Å². The van der Waals surface area contributed by atoms with E-state index in [4.69, 9.17) is 0 Å². The molecule has 0 spiro atoms. The Hall–Kier alpha value is -2.27. The Morgan fingerprint density at radius 3 is 2.65 bits per heavy atom. The van der Waals surface area contributed by atoms with E-state index < -0.39 is 0 Å². The topological polar surface area (TPSA) is 46.8 Å². The van der Waals surface area contributed by atoms with Crippen LogP contribution in [-0.2, 0) is 6.54 Å². The summed E-state index contributed by atoms with van der Waals surface area (Å²) in [7, 11) is 4.14. The first-order valence-electron chi connectivity index (χ1n) is 6.60. The van der Waals surface area contributed by atoms with E-state index in [0.717, 1.165) is 35.4 Å². The molecule has 0 fully saturated rings. The molecule has 0 aliphatic heterocycles. The third kappa shape index (κ3) is 2.53. The maximum atomic E-state index is 4.44. The Kier molecular flexibility index (Phi) is 3.43. The molecule has 0 aromatic carbocycles. The fourth-order valence-corrected chi connectivity index (χ4v) is 2.13. The van der Waals surface area contributed by atoms with Crippen LogP contribution in [0.1, 0.15) is 0 Å². The van der Waals surface area contributed by atoms with Gasteiger partial charge in [-0.1, -0.05) is 0 Å². The molecule has 102 valence electrons. The quantitative estimate of drug-likeness (QED) is 0.726. The molecule has 0 N–H and O–H groups in total. The zero-order valence-corrected chi connectivity index (χ0v) is 11.7. The van der Waals surface area contributed by atoms with Crippen molar-refractivity contribution in [3.8, 4) is 11.1 Å². The van der Waals surface area contributed by atoms with Crippen molar-refractivity contribution in [2.24, 2.45) is 0 Å². The summed E-state index contributed by atoms with van der Waals surface area (Å²) in [5, 5.41) is 0. The van der Waals surface area contributed by atoms with Crippen molar-refractivity contribution >= 4 is 11.2 Å². The minimum atomic E-state index is 0.793. The number of hydrogen-bond acceptors (Lipinski definition) is 4. The Morgan fingerprint density at radius 1 is 1.10 bits per heavy atom. The average molecular weight is 267 g/mol. The third-order valence-corrected chi connectivity index (χ3v) is 3.28. The molecule has 0 aliphatic carbocycles. The lowest BCUT2D eigenvalue weighted by molar-refractivity contribution is 0.386. The van der Waals surface area contributed by atoms with Gasteiger partial charge in [0.25, 0.3) is 0 Å². The number of pyridine rings is 2. The minimum absolute atomic E-state index is 0.793. The van der Waals surface area contributed by atoms with Crippen LogP contribution in [0.2, 0.25) is 0 Å². The summed E-state index contributed by atoms with van der Waals surface area (Å²) in [6, 6.07) is 6.12. The lowest BCUT2D eigenvalue weighted by Gasteiger charge is -2.10. The third-order valence-electron chi connectivity index (χ3n) is 3.28. The van der Waals surface area contributed by atoms with Crippen molar-refractivity contribution in [3.63, 3.8) is 0 Å². The molecular formula is C15H17N5. The molecule has 0 radical (unpaired) electrons. The molecule has 0 atom stereocenters. The van der Waals surface area contributed by atoms with E-state index in [1.54, 1.807) is 12.4 Å². The van der Waals surface area contributed by atoms with E-state index in [9.17, 15) is 0 Å². The minimum Gasteiger partial charge on any atom is -0.328 e. The van der Waals surface area contributed by atoms with Crippen LogP contribution in [0, 0.1) is 0 Å². The number of hydrogen-bond donors (Lipinski definition) is 0. The highest BCUT2D eigenvalue weighted by Crippen LogP contribution is 2.21. The second-order valence-electron chi connectivity index (χ2n) is 5.04. The number of fused-ring (bicyclic) bond motifs is 1.